The van der Waals surface area contributed by atoms with E-state index in [1.165, 1.54) is 18.4 Å². The van der Waals surface area contributed by atoms with E-state index in [4.69, 9.17) is 4.74 Å². The van der Waals surface area contributed by atoms with Crippen molar-refractivity contribution in [1.82, 2.24) is 4.98 Å². The molecule has 0 spiro atoms. The quantitative estimate of drug-likeness (QED) is 0.704. The molecule has 3 aromatic rings. The summed E-state index contributed by atoms with van der Waals surface area (Å²) < 4.78 is 5.94. The molecule has 1 atom stereocenters. The molecule has 2 N–H and O–H groups in total. The van der Waals surface area contributed by atoms with Crippen LogP contribution in [0.5, 0.6) is 5.75 Å². The van der Waals surface area contributed by atoms with E-state index in [9.17, 15) is 9.90 Å². The highest BCUT2D eigenvalue weighted by molar-refractivity contribution is 7.22. The minimum absolute atomic E-state index is 0.197. The molecule has 6 heteroatoms. The van der Waals surface area contributed by atoms with Gasteiger partial charge in [0.25, 0.3) is 0 Å². The number of nitrogens with zero attached hydrogens (tertiary/aromatic N) is 1. The largest absolute Gasteiger partial charge is 0.508 e. The molecule has 0 unspecified atom stereocenters. The van der Waals surface area contributed by atoms with Crippen LogP contribution in [0.3, 0.4) is 0 Å². The van der Waals surface area contributed by atoms with Crippen molar-refractivity contribution < 1.29 is 14.6 Å². The molecule has 1 heterocycles. The Balaban J connectivity index is 1.81. The molecule has 118 valence electrons. The van der Waals surface area contributed by atoms with Gasteiger partial charge in [-0.3, -0.25) is 0 Å². The number of carbonyl (C=O) groups excluding carboxylic acids is 1. The van der Waals surface area contributed by atoms with Crippen LogP contribution in [0.4, 0.5) is 5.13 Å². The van der Waals surface area contributed by atoms with Crippen LogP contribution >= 0.6 is 11.3 Å². The fourth-order valence-corrected chi connectivity index (χ4v) is 3.20. The molecule has 0 saturated carbocycles. The summed E-state index contributed by atoms with van der Waals surface area (Å²) in [5.74, 6) is -0.153. The van der Waals surface area contributed by atoms with E-state index in [0.717, 1.165) is 15.8 Å². The summed E-state index contributed by atoms with van der Waals surface area (Å²) in [7, 11) is 1.37. The molecule has 0 aliphatic carbocycles. The maximum Gasteiger partial charge on any atom is 0.328 e. The molecule has 0 aliphatic heterocycles. The second kappa shape index (κ2) is 6.66. The summed E-state index contributed by atoms with van der Waals surface area (Å²) in [6.45, 7) is 0. The van der Waals surface area contributed by atoms with Gasteiger partial charge in [0, 0.05) is 6.42 Å². The zero-order valence-electron chi connectivity index (χ0n) is 12.5. The second-order valence-corrected chi connectivity index (χ2v) is 6.11. The minimum atomic E-state index is -0.537. The van der Waals surface area contributed by atoms with Gasteiger partial charge in [0.05, 0.1) is 17.3 Å². The summed E-state index contributed by atoms with van der Waals surface area (Å²) in [4.78, 5) is 16.5. The molecule has 0 fully saturated rings. The average molecular weight is 328 g/mol. The standard InChI is InChI=1S/C17H16N2O3S/c1-22-16(21)14(10-11-6-8-12(20)9-7-11)19-17-18-13-4-2-3-5-15(13)23-17/h2-9,14,20H,10H2,1H3,(H,18,19)/t14-/m0/s1. The number of benzene rings is 2. The molecule has 23 heavy (non-hydrogen) atoms. The maximum atomic E-state index is 12.0. The van der Waals surface area contributed by atoms with Crippen LogP contribution in [0.2, 0.25) is 0 Å². The Bertz CT molecular complexity index is 781. The number of aromatic nitrogens is 1. The Morgan fingerprint density at radius 2 is 2.00 bits per heavy atom. The third-order valence-electron chi connectivity index (χ3n) is 3.45. The van der Waals surface area contributed by atoms with Crippen molar-refractivity contribution in [3.8, 4) is 5.75 Å². The lowest BCUT2D eigenvalue weighted by Gasteiger charge is -2.15. The van der Waals surface area contributed by atoms with Crippen LogP contribution in [0.1, 0.15) is 5.56 Å². The molecule has 0 amide bonds. The summed E-state index contributed by atoms with van der Waals surface area (Å²) in [5, 5.41) is 13.2. The zero-order chi connectivity index (χ0) is 16.2. The number of rotatable bonds is 5. The first-order valence-corrected chi connectivity index (χ1v) is 7.95. The van der Waals surface area contributed by atoms with E-state index in [1.807, 2.05) is 24.3 Å². The van der Waals surface area contributed by atoms with Gasteiger partial charge in [-0.05, 0) is 29.8 Å². The number of ether oxygens (including phenoxy) is 1. The van der Waals surface area contributed by atoms with Crippen molar-refractivity contribution in [3.05, 3.63) is 54.1 Å². The summed E-state index contributed by atoms with van der Waals surface area (Å²) in [6.07, 6.45) is 0.447. The van der Waals surface area contributed by atoms with E-state index in [2.05, 4.69) is 10.3 Å². The lowest BCUT2D eigenvalue weighted by atomic mass is 10.1. The molecule has 1 aromatic heterocycles. The molecule has 5 nitrogen and oxygen atoms in total. The first-order valence-electron chi connectivity index (χ1n) is 7.13. The second-order valence-electron chi connectivity index (χ2n) is 5.08. The highest BCUT2D eigenvalue weighted by Gasteiger charge is 2.21. The maximum absolute atomic E-state index is 12.0. The normalized spacial score (nSPS) is 12.0. The van der Waals surface area contributed by atoms with Crippen molar-refractivity contribution in [1.29, 1.82) is 0 Å². The number of fused-ring (bicyclic) bond motifs is 1. The van der Waals surface area contributed by atoms with Crippen molar-refractivity contribution >= 4 is 32.7 Å². The smallest absolute Gasteiger partial charge is 0.328 e. The van der Waals surface area contributed by atoms with Crippen LogP contribution in [0, 0.1) is 0 Å². The topological polar surface area (TPSA) is 71.5 Å². The number of hydrogen-bond donors (Lipinski definition) is 2. The lowest BCUT2D eigenvalue weighted by Crippen LogP contribution is -2.32. The molecular formula is C17H16N2O3S. The average Bonchev–Trinajstić information content (AvgIpc) is 2.98. The Labute approximate surface area is 137 Å². The number of thiazole rings is 1. The van der Waals surface area contributed by atoms with Crippen molar-refractivity contribution in [2.45, 2.75) is 12.5 Å². The number of esters is 1. The summed E-state index contributed by atoms with van der Waals surface area (Å²) >= 11 is 1.50. The van der Waals surface area contributed by atoms with Gasteiger partial charge < -0.3 is 15.2 Å². The van der Waals surface area contributed by atoms with Crippen molar-refractivity contribution in [3.63, 3.8) is 0 Å². The molecule has 0 saturated heterocycles. The fraction of sp³-hybridized carbons (Fsp3) is 0.176. The predicted molar refractivity (Wildman–Crippen MR) is 90.9 cm³/mol. The van der Waals surface area contributed by atoms with Gasteiger partial charge in [-0.2, -0.15) is 0 Å². The Morgan fingerprint density at radius 3 is 2.70 bits per heavy atom. The van der Waals surface area contributed by atoms with Gasteiger partial charge in [0.1, 0.15) is 11.8 Å². The predicted octanol–water partition coefficient (Wildman–Crippen LogP) is 3.20. The van der Waals surface area contributed by atoms with Crippen molar-refractivity contribution in [2.75, 3.05) is 12.4 Å². The number of anilines is 1. The van der Waals surface area contributed by atoms with Crippen LogP contribution in [0.15, 0.2) is 48.5 Å². The third kappa shape index (κ3) is 3.60. The van der Waals surface area contributed by atoms with Gasteiger partial charge in [-0.15, -0.1) is 0 Å². The van der Waals surface area contributed by atoms with Gasteiger partial charge in [-0.1, -0.05) is 35.6 Å². The van der Waals surface area contributed by atoms with Gasteiger partial charge >= 0.3 is 5.97 Å². The zero-order valence-corrected chi connectivity index (χ0v) is 13.3. The SMILES string of the molecule is COC(=O)[C@H](Cc1ccc(O)cc1)Nc1nc2ccccc2s1. The van der Waals surface area contributed by atoms with Crippen LogP contribution in [-0.2, 0) is 16.0 Å². The molecule has 0 aliphatic rings. The molecule has 0 radical (unpaired) electrons. The Kier molecular flexibility index (Phi) is 4.43. The number of phenolic OH excluding ortho intramolecular Hbond substituents is 1. The molecule has 0 bridgehead atoms. The lowest BCUT2D eigenvalue weighted by molar-refractivity contribution is -0.141. The number of methoxy groups -OCH3 is 1. The van der Waals surface area contributed by atoms with E-state index in [0.29, 0.717) is 11.6 Å². The molecule has 2 aromatic carbocycles. The van der Waals surface area contributed by atoms with Gasteiger partial charge in [0.2, 0.25) is 0 Å². The number of phenols is 1. The molecule has 3 rings (SSSR count). The summed E-state index contributed by atoms with van der Waals surface area (Å²) in [6, 6.07) is 14.0. The minimum Gasteiger partial charge on any atom is -0.508 e. The van der Waals surface area contributed by atoms with Crippen LogP contribution < -0.4 is 5.32 Å². The van der Waals surface area contributed by atoms with E-state index in [1.54, 1.807) is 24.3 Å². The first-order chi connectivity index (χ1) is 11.2. The number of nitrogens with one attached hydrogen (secondary N) is 1. The van der Waals surface area contributed by atoms with E-state index < -0.39 is 6.04 Å². The van der Waals surface area contributed by atoms with Crippen molar-refractivity contribution in [2.24, 2.45) is 0 Å². The first kappa shape index (κ1) is 15.3. The third-order valence-corrected chi connectivity index (χ3v) is 4.42. The number of aromatic hydroxyl groups is 1. The monoisotopic (exact) mass is 328 g/mol. The van der Waals surface area contributed by atoms with E-state index >= 15 is 0 Å². The van der Waals surface area contributed by atoms with Gasteiger partial charge in [0.15, 0.2) is 5.13 Å². The summed E-state index contributed by atoms with van der Waals surface area (Å²) in [5.41, 5.74) is 1.82. The molecular weight excluding hydrogens is 312 g/mol. The van der Waals surface area contributed by atoms with Gasteiger partial charge in [-0.25, -0.2) is 9.78 Å². The highest BCUT2D eigenvalue weighted by atomic mass is 32.1. The van der Waals surface area contributed by atoms with Crippen LogP contribution in [0.25, 0.3) is 10.2 Å². The van der Waals surface area contributed by atoms with E-state index in [-0.39, 0.29) is 11.7 Å². The fourth-order valence-electron chi connectivity index (χ4n) is 2.29. The number of carbonyl (C=O) groups is 1. The Morgan fingerprint density at radius 1 is 1.26 bits per heavy atom. The van der Waals surface area contributed by atoms with Crippen LogP contribution in [-0.4, -0.2) is 29.2 Å². The highest BCUT2D eigenvalue weighted by Crippen LogP contribution is 2.26. The number of para-hydroxylation sites is 1. The number of hydrogen-bond acceptors (Lipinski definition) is 6. The Hall–Kier alpha value is -2.60.